The molecule has 9 heteroatoms. The molecule has 1 aromatic rings. The summed E-state index contributed by atoms with van der Waals surface area (Å²) in [5.74, 6) is -1.55. The van der Waals surface area contributed by atoms with Crippen molar-refractivity contribution in [2.45, 2.75) is 157 Å². The summed E-state index contributed by atoms with van der Waals surface area (Å²) in [5.41, 5.74) is 0.837. The number of amides is 4. The first-order valence-corrected chi connectivity index (χ1v) is 18.4. The lowest BCUT2D eigenvalue weighted by molar-refractivity contribution is -0.134. The second kappa shape index (κ2) is 25.0. The lowest BCUT2D eigenvalue weighted by Gasteiger charge is -2.31. The van der Waals surface area contributed by atoms with Crippen LogP contribution in [0.4, 0.5) is 4.79 Å². The van der Waals surface area contributed by atoms with Gasteiger partial charge in [-0.1, -0.05) is 156 Å². The topological polar surface area (TPSA) is 126 Å². The number of rotatable bonds is 25. The first kappa shape index (κ1) is 41.9. The van der Waals surface area contributed by atoms with Gasteiger partial charge in [0.2, 0.25) is 17.7 Å². The molecule has 4 N–H and O–H groups in total. The molecule has 4 amide bonds. The van der Waals surface area contributed by atoms with Gasteiger partial charge in [-0.2, -0.15) is 0 Å². The third-order valence-corrected chi connectivity index (χ3v) is 9.40. The molecule has 6 atom stereocenters. The van der Waals surface area contributed by atoms with Crippen LogP contribution in [0.25, 0.3) is 0 Å². The fourth-order valence-corrected chi connectivity index (χ4v) is 5.42. The Morgan fingerprint density at radius 3 is 1.47 bits per heavy atom. The van der Waals surface area contributed by atoms with Crippen LogP contribution in [0.2, 0.25) is 0 Å². The zero-order valence-electron chi connectivity index (χ0n) is 30.5. The number of nitrogens with one attached hydrogen (secondary N) is 4. The van der Waals surface area contributed by atoms with Crippen molar-refractivity contribution in [1.29, 1.82) is 0 Å². The van der Waals surface area contributed by atoms with Gasteiger partial charge in [0, 0.05) is 6.54 Å². The van der Waals surface area contributed by atoms with E-state index in [1.165, 1.54) is 51.4 Å². The molecular weight excluding hydrogens is 592 g/mol. The summed E-state index contributed by atoms with van der Waals surface area (Å²) in [6.07, 6.45) is 13.5. The van der Waals surface area contributed by atoms with Gasteiger partial charge in [0.15, 0.2) is 0 Å². The van der Waals surface area contributed by atoms with E-state index in [-0.39, 0.29) is 30.3 Å². The lowest BCUT2D eigenvalue weighted by Crippen LogP contribution is -2.60. The fraction of sp³-hybridized carbons (Fsp3) is 0.737. The van der Waals surface area contributed by atoms with Crippen LogP contribution in [0.15, 0.2) is 30.3 Å². The number of carbonyl (C=O) groups excluding carboxylic acids is 4. The SMILES string of the molecule is CCCCCCCCCCCCNC(=O)C(NC(=O)C(NC(=O)C(NC(=O)OCc1ccccc1)C(C)CC)C(C)CC)C(C)CC. The standard InChI is InChI=1S/C38H66N4O5/c1-8-12-13-14-15-16-17-18-19-23-26-39-35(43)32(28(5)9-2)40-36(44)33(29(6)10-3)41-37(45)34(30(7)11-4)42-38(46)47-27-31-24-21-20-22-25-31/h20-22,24-25,28-30,32-34H,8-19,23,26-27H2,1-7H3,(H,39,43)(H,40,44)(H,41,45)(H,42,46). The van der Waals surface area contributed by atoms with Gasteiger partial charge < -0.3 is 26.0 Å². The Kier molecular flexibility index (Phi) is 22.3. The average molecular weight is 659 g/mol. The smallest absolute Gasteiger partial charge is 0.408 e. The van der Waals surface area contributed by atoms with Gasteiger partial charge in [0.05, 0.1) is 0 Å². The maximum atomic E-state index is 13.7. The van der Waals surface area contributed by atoms with Gasteiger partial charge in [0.25, 0.3) is 0 Å². The summed E-state index contributed by atoms with van der Waals surface area (Å²) in [5, 5.41) is 11.6. The molecule has 0 aliphatic rings. The quantitative estimate of drug-likeness (QED) is 0.0814. The molecule has 0 aromatic heterocycles. The maximum absolute atomic E-state index is 13.7. The zero-order valence-corrected chi connectivity index (χ0v) is 30.5. The van der Waals surface area contributed by atoms with E-state index in [1.54, 1.807) is 0 Å². The molecule has 6 unspecified atom stereocenters. The average Bonchev–Trinajstić information content (AvgIpc) is 3.08. The van der Waals surface area contributed by atoms with Crippen LogP contribution >= 0.6 is 0 Å². The maximum Gasteiger partial charge on any atom is 0.408 e. The highest BCUT2D eigenvalue weighted by Crippen LogP contribution is 2.15. The number of hydrogen-bond donors (Lipinski definition) is 4. The van der Waals surface area contributed by atoms with E-state index in [1.807, 2.05) is 71.9 Å². The van der Waals surface area contributed by atoms with E-state index in [0.29, 0.717) is 25.8 Å². The second-order valence-corrected chi connectivity index (χ2v) is 13.3. The van der Waals surface area contributed by atoms with Crippen molar-refractivity contribution in [1.82, 2.24) is 21.3 Å². The van der Waals surface area contributed by atoms with E-state index in [4.69, 9.17) is 4.74 Å². The van der Waals surface area contributed by atoms with Crippen LogP contribution < -0.4 is 21.3 Å². The zero-order chi connectivity index (χ0) is 35.0. The Bertz CT molecular complexity index is 1020. The number of alkyl carbamates (subject to hydrolysis) is 1. The van der Waals surface area contributed by atoms with Crippen molar-refractivity contribution in [3.63, 3.8) is 0 Å². The van der Waals surface area contributed by atoms with Crippen molar-refractivity contribution >= 4 is 23.8 Å². The Labute approximate surface area is 285 Å². The molecule has 0 spiro atoms. The predicted molar refractivity (Wildman–Crippen MR) is 191 cm³/mol. The molecule has 0 heterocycles. The Morgan fingerprint density at radius 2 is 1.00 bits per heavy atom. The van der Waals surface area contributed by atoms with Gasteiger partial charge in [0.1, 0.15) is 24.7 Å². The number of benzene rings is 1. The first-order valence-electron chi connectivity index (χ1n) is 18.4. The molecule has 0 radical (unpaired) electrons. The summed E-state index contributed by atoms with van der Waals surface area (Å²) < 4.78 is 5.37. The minimum absolute atomic E-state index is 0.0810. The molecule has 9 nitrogen and oxygen atoms in total. The van der Waals surface area contributed by atoms with Gasteiger partial charge >= 0.3 is 6.09 Å². The van der Waals surface area contributed by atoms with Crippen molar-refractivity contribution in [3.8, 4) is 0 Å². The van der Waals surface area contributed by atoms with Gasteiger partial charge in [-0.15, -0.1) is 0 Å². The number of ether oxygens (including phenoxy) is 1. The van der Waals surface area contributed by atoms with Crippen LogP contribution in [0.5, 0.6) is 0 Å². The van der Waals surface area contributed by atoms with E-state index < -0.39 is 36.0 Å². The Balaban J connectivity index is 2.77. The lowest BCUT2D eigenvalue weighted by atomic mass is 9.93. The molecular formula is C38H66N4O5. The van der Waals surface area contributed by atoms with Crippen LogP contribution in [0, 0.1) is 17.8 Å². The molecule has 0 saturated carbocycles. The normalized spacial score (nSPS) is 15.0. The molecule has 0 aliphatic heterocycles. The van der Waals surface area contributed by atoms with Gasteiger partial charge in [-0.05, 0) is 29.7 Å². The van der Waals surface area contributed by atoms with Gasteiger partial charge in [-0.3, -0.25) is 14.4 Å². The van der Waals surface area contributed by atoms with Crippen molar-refractivity contribution < 1.29 is 23.9 Å². The number of hydrogen-bond acceptors (Lipinski definition) is 5. The third-order valence-electron chi connectivity index (χ3n) is 9.40. The largest absolute Gasteiger partial charge is 0.445 e. The number of unbranched alkanes of at least 4 members (excludes halogenated alkanes) is 9. The van der Waals surface area contributed by atoms with Crippen LogP contribution in [-0.4, -0.2) is 48.5 Å². The van der Waals surface area contributed by atoms with Gasteiger partial charge in [-0.25, -0.2) is 4.79 Å². The molecule has 47 heavy (non-hydrogen) atoms. The Morgan fingerprint density at radius 1 is 0.574 bits per heavy atom. The molecule has 0 aliphatic carbocycles. The third kappa shape index (κ3) is 17.0. The monoisotopic (exact) mass is 659 g/mol. The summed E-state index contributed by atoms with van der Waals surface area (Å²) >= 11 is 0. The molecule has 0 fully saturated rings. The minimum atomic E-state index is -0.891. The summed E-state index contributed by atoms with van der Waals surface area (Å²) in [7, 11) is 0. The molecule has 0 bridgehead atoms. The van der Waals surface area contributed by atoms with E-state index in [2.05, 4.69) is 28.2 Å². The van der Waals surface area contributed by atoms with Crippen molar-refractivity contribution in [3.05, 3.63) is 35.9 Å². The summed E-state index contributed by atoms with van der Waals surface area (Å²) in [6.45, 7) is 14.5. The molecule has 268 valence electrons. The van der Waals surface area contributed by atoms with Crippen LogP contribution in [0.3, 0.4) is 0 Å². The van der Waals surface area contributed by atoms with Crippen LogP contribution in [0.1, 0.15) is 138 Å². The highest BCUT2D eigenvalue weighted by atomic mass is 16.5. The fourth-order valence-electron chi connectivity index (χ4n) is 5.42. The summed E-state index contributed by atoms with van der Waals surface area (Å²) in [4.78, 5) is 53.2. The predicted octanol–water partition coefficient (Wildman–Crippen LogP) is 7.43. The summed E-state index contributed by atoms with van der Waals surface area (Å²) in [6, 6.07) is 6.84. The number of carbonyl (C=O) groups is 4. The minimum Gasteiger partial charge on any atom is -0.445 e. The van der Waals surface area contributed by atoms with E-state index in [0.717, 1.165) is 18.4 Å². The van der Waals surface area contributed by atoms with Crippen LogP contribution in [-0.2, 0) is 25.7 Å². The molecule has 0 saturated heterocycles. The highest BCUT2D eigenvalue weighted by molar-refractivity contribution is 5.94. The van der Waals surface area contributed by atoms with E-state index in [9.17, 15) is 19.2 Å². The molecule has 1 rings (SSSR count). The Hall–Kier alpha value is -3.10. The van der Waals surface area contributed by atoms with E-state index >= 15 is 0 Å². The highest BCUT2D eigenvalue weighted by Gasteiger charge is 2.35. The first-order chi connectivity index (χ1) is 22.6. The van der Waals surface area contributed by atoms with Crippen molar-refractivity contribution in [2.24, 2.45) is 17.8 Å². The van der Waals surface area contributed by atoms with Crippen molar-refractivity contribution in [2.75, 3.05) is 6.54 Å². The molecule has 1 aromatic carbocycles. The second-order valence-electron chi connectivity index (χ2n) is 13.3.